The number of anilines is 3. The van der Waals surface area contributed by atoms with Crippen LogP contribution in [-0.4, -0.2) is 59.6 Å². The van der Waals surface area contributed by atoms with Gasteiger partial charge in [-0.2, -0.15) is 0 Å². The van der Waals surface area contributed by atoms with Gasteiger partial charge < -0.3 is 35.5 Å². The molecule has 5 atom stereocenters. The molecule has 10 nitrogen and oxygen atoms in total. The lowest BCUT2D eigenvalue weighted by Gasteiger charge is -2.37. The van der Waals surface area contributed by atoms with E-state index in [0.717, 1.165) is 16.7 Å². The second kappa shape index (κ2) is 13.4. The standard InChI is InChI=1S/C40H44N4O6Si/c1-25-37(51(2,3)49)35(21-36(46)43-23-29-12-8-7-11-28(29)19-32(43)24-45)50-40(25)33-20-31(42-38(47)27-13-15-30(41)16-14-27)17-18-34(33)44(39(40)48)22-26-9-5-4-6-10-26/h4-18,20,25,32,35,37,45,49H,19,21-24,41H2,1-3H3,(H,42,47)/t25-,32-,35+,37-,40+/m0/s1. The van der Waals surface area contributed by atoms with Crippen LogP contribution in [0.25, 0.3) is 0 Å². The Bertz CT molecular complexity index is 1970. The summed E-state index contributed by atoms with van der Waals surface area (Å²) in [6.07, 6.45) is -0.280. The van der Waals surface area contributed by atoms with Gasteiger partial charge in [-0.25, -0.2) is 0 Å². The molecule has 0 bridgehead atoms. The smallest absolute Gasteiger partial charge is 0.264 e. The molecule has 0 unspecified atom stereocenters. The van der Waals surface area contributed by atoms with Crippen molar-refractivity contribution in [2.45, 2.75) is 69.2 Å². The van der Waals surface area contributed by atoms with Gasteiger partial charge in [0, 0.05) is 40.5 Å². The van der Waals surface area contributed by atoms with Gasteiger partial charge in [-0.15, -0.1) is 0 Å². The lowest BCUT2D eigenvalue weighted by Crippen LogP contribution is -2.48. The van der Waals surface area contributed by atoms with Gasteiger partial charge in [0.1, 0.15) is 0 Å². The Morgan fingerprint density at radius 1 is 0.980 bits per heavy atom. The number of fused-ring (bicyclic) bond motifs is 3. The average Bonchev–Trinajstić information content (AvgIpc) is 3.54. The summed E-state index contributed by atoms with van der Waals surface area (Å²) in [7, 11) is -3.07. The van der Waals surface area contributed by atoms with E-state index in [4.69, 9.17) is 10.5 Å². The Morgan fingerprint density at radius 2 is 1.67 bits per heavy atom. The quantitative estimate of drug-likeness (QED) is 0.146. The van der Waals surface area contributed by atoms with Gasteiger partial charge in [-0.05, 0) is 78.7 Å². The molecular formula is C40H44N4O6Si. The summed E-state index contributed by atoms with van der Waals surface area (Å²) >= 11 is 0. The number of aliphatic hydroxyl groups is 1. The van der Waals surface area contributed by atoms with Crippen LogP contribution in [-0.2, 0) is 39.4 Å². The molecule has 3 heterocycles. The first-order valence-corrected chi connectivity index (χ1v) is 20.5. The van der Waals surface area contributed by atoms with Crippen LogP contribution in [0.15, 0.2) is 97.1 Å². The molecule has 1 saturated heterocycles. The maximum absolute atomic E-state index is 14.9. The number of hydrogen-bond donors (Lipinski definition) is 4. The Balaban J connectivity index is 1.26. The fourth-order valence-corrected chi connectivity index (χ4v) is 11.0. The van der Waals surface area contributed by atoms with Gasteiger partial charge in [0.2, 0.25) is 5.91 Å². The van der Waals surface area contributed by atoms with Crippen molar-refractivity contribution in [1.82, 2.24) is 4.90 Å². The van der Waals surface area contributed by atoms with Gasteiger partial charge in [-0.3, -0.25) is 14.4 Å². The van der Waals surface area contributed by atoms with E-state index in [1.54, 1.807) is 46.2 Å². The molecule has 264 valence electrons. The summed E-state index contributed by atoms with van der Waals surface area (Å²) in [6.45, 7) is 6.06. The third-order valence-corrected chi connectivity index (χ3v) is 13.4. The topological polar surface area (TPSA) is 145 Å². The van der Waals surface area contributed by atoms with E-state index in [1.807, 2.05) is 80.7 Å². The highest BCUT2D eigenvalue weighted by atomic mass is 28.4. The van der Waals surface area contributed by atoms with E-state index in [0.29, 0.717) is 47.7 Å². The number of carbonyl (C=O) groups is 3. The summed E-state index contributed by atoms with van der Waals surface area (Å²) in [6, 6.07) is 29.2. The molecule has 0 saturated carbocycles. The molecule has 5 N–H and O–H groups in total. The zero-order valence-electron chi connectivity index (χ0n) is 29.1. The molecule has 4 aromatic rings. The number of aliphatic hydroxyl groups excluding tert-OH is 1. The average molecular weight is 705 g/mol. The molecule has 0 radical (unpaired) electrons. The van der Waals surface area contributed by atoms with Crippen molar-refractivity contribution >= 4 is 43.1 Å². The second-order valence-electron chi connectivity index (χ2n) is 14.6. The highest BCUT2D eigenvalue weighted by Crippen LogP contribution is 2.60. The molecule has 3 amide bonds. The third-order valence-electron chi connectivity index (χ3n) is 10.9. The van der Waals surface area contributed by atoms with Crippen LogP contribution in [0.1, 0.15) is 46.0 Å². The maximum Gasteiger partial charge on any atom is 0.264 e. The predicted octanol–water partition coefficient (Wildman–Crippen LogP) is 5.20. The Kier molecular flexibility index (Phi) is 9.09. The van der Waals surface area contributed by atoms with Crippen molar-refractivity contribution in [2.75, 3.05) is 22.6 Å². The normalized spacial score (nSPS) is 24.1. The first kappa shape index (κ1) is 34.6. The van der Waals surface area contributed by atoms with Gasteiger partial charge in [0.05, 0.1) is 37.4 Å². The number of ether oxygens (including phenoxy) is 1. The van der Waals surface area contributed by atoms with Crippen molar-refractivity contribution in [3.63, 3.8) is 0 Å². The Hall–Kier alpha value is -4.81. The number of hydrogen-bond acceptors (Lipinski definition) is 7. The number of carbonyl (C=O) groups excluding carboxylic acids is 3. The second-order valence-corrected chi connectivity index (χ2v) is 18.6. The Labute approximate surface area is 299 Å². The zero-order chi connectivity index (χ0) is 36.1. The maximum atomic E-state index is 14.9. The molecule has 0 aliphatic carbocycles. The van der Waals surface area contributed by atoms with E-state index in [-0.39, 0.29) is 36.8 Å². The van der Waals surface area contributed by atoms with Crippen molar-refractivity contribution in [3.05, 3.63) is 125 Å². The third kappa shape index (κ3) is 6.24. The summed E-state index contributed by atoms with van der Waals surface area (Å²) in [4.78, 5) is 57.6. The van der Waals surface area contributed by atoms with Gasteiger partial charge >= 0.3 is 0 Å². The number of benzene rings is 4. The highest BCUT2D eigenvalue weighted by Gasteiger charge is 2.66. The molecule has 1 fully saturated rings. The van der Waals surface area contributed by atoms with E-state index in [1.165, 1.54) is 0 Å². The highest BCUT2D eigenvalue weighted by molar-refractivity contribution is 6.71. The number of amides is 3. The molecule has 4 aromatic carbocycles. The minimum absolute atomic E-state index is 0.0543. The lowest BCUT2D eigenvalue weighted by molar-refractivity contribution is -0.151. The van der Waals surface area contributed by atoms with Crippen LogP contribution in [0.5, 0.6) is 0 Å². The van der Waals surface area contributed by atoms with E-state index < -0.39 is 31.5 Å². The van der Waals surface area contributed by atoms with E-state index in [9.17, 15) is 24.3 Å². The molecular weight excluding hydrogens is 661 g/mol. The summed E-state index contributed by atoms with van der Waals surface area (Å²) < 4.78 is 6.97. The molecule has 11 heteroatoms. The Morgan fingerprint density at radius 3 is 2.35 bits per heavy atom. The van der Waals surface area contributed by atoms with Crippen LogP contribution >= 0.6 is 0 Å². The van der Waals surface area contributed by atoms with Crippen LogP contribution in [0, 0.1) is 5.92 Å². The van der Waals surface area contributed by atoms with Crippen LogP contribution in [0.4, 0.5) is 17.1 Å². The number of nitrogens with one attached hydrogen (secondary N) is 1. The number of nitrogens with two attached hydrogens (primary N) is 1. The van der Waals surface area contributed by atoms with E-state index >= 15 is 0 Å². The molecule has 7 rings (SSSR count). The number of nitrogen functional groups attached to an aromatic ring is 1. The van der Waals surface area contributed by atoms with Crippen LogP contribution in [0.3, 0.4) is 0 Å². The van der Waals surface area contributed by atoms with Crippen LogP contribution < -0.4 is 16.0 Å². The minimum atomic E-state index is -3.07. The predicted molar refractivity (Wildman–Crippen MR) is 198 cm³/mol. The fourth-order valence-electron chi connectivity index (χ4n) is 8.45. The first-order valence-electron chi connectivity index (χ1n) is 17.4. The molecule has 51 heavy (non-hydrogen) atoms. The minimum Gasteiger partial charge on any atom is -0.432 e. The van der Waals surface area contributed by atoms with Crippen LogP contribution in [0.2, 0.25) is 18.6 Å². The van der Waals surface area contributed by atoms with Gasteiger partial charge in [0.25, 0.3) is 11.8 Å². The zero-order valence-corrected chi connectivity index (χ0v) is 30.1. The van der Waals surface area contributed by atoms with E-state index in [2.05, 4.69) is 5.32 Å². The van der Waals surface area contributed by atoms with Gasteiger partial charge in [0.15, 0.2) is 13.9 Å². The van der Waals surface area contributed by atoms with Crippen molar-refractivity contribution in [3.8, 4) is 0 Å². The van der Waals surface area contributed by atoms with Crippen molar-refractivity contribution in [2.24, 2.45) is 5.92 Å². The summed E-state index contributed by atoms with van der Waals surface area (Å²) in [5.74, 6) is -1.30. The fraction of sp³-hybridized carbons (Fsp3) is 0.325. The largest absolute Gasteiger partial charge is 0.432 e. The summed E-state index contributed by atoms with van der Waals surface area (Å²) in [5, 5.41) is 13.3. The molecule has 1 spiro atoms. The SMILES string of the molecule is C[C@H]1[C@H]([Si](C)(C)O)[C@@H](CC(=O)N2Cc3ccccc3C[C@H]2CO)O[C@]12C(=O)N(Cc1ccccc1)c1ccc(NC(=O)c3ccc(N)cc3)cc12. The van der Waals surface area contributed by atoms with Crippen molar-refractivity contribution < 1.29 is 29.0 Å². The van der Waals surface area contributed by atoms with Crippen molar-refractivity contribution in [1.29, 1.82) is 0 Å². The first-order chi connectivity index (χ1) is 24.4. The molecule has 3 aliphatic heterocycles. The number of rotatable bonds is 8. The lowest BCUT2D eigenvalue weighted by atomic mass is 9.82. The monoisotopic (exact) mass is 704 g/mol. The molecule has 0 aromatic heterocycles. The molecule has 3 aliphatic rings. The summed E-state index contributed by atoms with van der Waals surface area (Å²) in [5.41, 5.74) is 9.60. The number of nitrogens with zero attached hydrogens (tertiary/aromatic N) is 2. The van der Waals surface area contributed by atoms with Gasteiger partial charge in [-0.1, -0.05) is 61.5 Å².